The molecule has 0 spiro atoms. The zero-order valence-electron chi connectivity index (χ0n) is 17.0. The van der Waals surface area contributed by atoms with Gasteiger partial charge in [-0.1, -0.05) is 26.7 Å². The van der Waals surface area contributed by atoms with Gasteiger partial charge < -0.3 is 19.9 Å². The third kappa shape index (κ3) is 6.16. The van der Waals surface area contributed by atoms with Crippen molar-refractivity contribution in [1.82, 2.24) is 10.6 Å². The predicted octanol–water partition coefficient (Wildman–Crippen LogP) is -1.40. The number of urea groups is 1. The maximum Gasteiger partial charge on any atom is 0.321 e. The summed E-state index contributed by atoms with van der Waals surface area (Å²) in [7, 11) is 0. The monoisotopic (exact) mass is 382 g/mol. The minimum atomic E-state index is -0.326. The molecule has 2 aliphatic heterocycles. The lowest BCUT2D eigenvalue weighted by atomic mass is 9.78. The number of nitrogens with one attached hydrogen (secondary N) is 4. The molecule has 2 saturated heterocycles. The number of carbonyl (C=O) groups excluding carboxylic acids is 2. The second-order valence-electron chi connectivity index (χ2n) is 8.91. The van der Waals surface area contributed by atoms with Gasteiger partial charge in [-0.05, 0) is 31.1 Å². The zero-order valence-corrected chi connectivity index (χ0v) is 17.0. The minimum Gasteiger partial charge on any atom is -0.372 e. The van der Waals surface area contributed by atoms with Crippen LogP contribution in [0.5, 0.6) is 0 Å². The standard InChI is InChI=1S/C20H36N4O3/c1-15-5-3-7-18(16(15)2)21-20(26)22-19(25)14-24-10-8-23(9-11-24)13-17-6-4-12-27-17/h15-18H,3-14H2,1-2H3,(H2,21,22,25,26)/p+2/t15-,16-,17+,18-/m1/s1. The fourth-order valence-electron chi connectivity index (χ4n) is 4.85. The molecule has 4 N–H and O–H groups in total. The normalized spacial score (nSPS) is 37.0. The Bertz CT molecular complexity index is 501. The van der Waals surface area contributed by atoms with Gasteiger partial charge in [-0.2, -0.15) is 0 Å². The number of ether oxygens (including phenoxy) is 1. The van der Waals surface area contributed by atoms with Crippen molar-refractivity contribution >= 4 is 11.9 Å². The summed E-state index contributed by atoms with van der Waals surface area (Å²) in [5, 5.41) is 5.56. The van der Waals surface area contributed by atoms with Crippen LogP contribution in [0.3, 0.4) is 0 Å². The Morgan fingerprint density at radius 3 is 2.44 bits per heavy atom. The molecular weight excluding hydrogens is 344 g/mol. The van der Waals surface area contributed by atoms with E-state index in [0.29, 0.717) is 24.5 Å². The quantitative estimate of drug-likeness (QED) is 0.472. The molecule has 7 heteroatoms. The average molecular weight is 383 g/mol. The van der Waals surface area contributed by atoms with Gasteiger partial charge in [0.25, 0.3) is 5.91 Å². The summed E-state index contributed by atoms with van der Waals surface area (Å²) in [6.07, 6.45) is 6.19. The molecule has 0 aromatic heterocycles. The summed E-state index contributed by atoms with van der Waals surface area (Å²) < 4.78 is 5.73. The molecule has 0 aromatic carbocycles. The number of hydrogen-bond donors (Lipinski definition) is 4. The predicted molar refractivity (Wildman–Crippen MR) is 103 cm³/mol. The molecule has 7 nitrogen and oxygen atoms in total. The van der Waals surface area contributed by atoms with Crippen molar-refractivity contribution in [3.8, 4) is 0 Å². The number of imide groups is 1. The molecule has 2 heterocycles. The molecule has 0 bridgehead atoms. The summed E-state index contributed by atoms with van der Waals surface area (Å²) in [6.45, 7) is 10.9. The fraction of sp³-hybridized carbons (Fsp3) is 0.900. The maximum atomic E-state index is 12.2. The van der Waals surface area contributed by atoms with E-state index in [1.54, 1.807) is 4.90 Å². The lowest BCUT2D eigenvalue weighted by Crippen LogP contribution is -3.28. The highest BCUT2D eigenvalue weighted by molar-refractivity contribution is 5.94. The highest BCUT2D eigenvalue weighted by Gasteiger charge is 2.30. The van der Waals surface area contributed by atoms with E-state index in [2.05, 4.69) is 24.5 Å². The average Bonchev–Trinajstić information content (AvgIpc) is 3.13. The third-order valence-corrected chi connectivity index (χ3v) is 6.89. The van der Waals surface area contributed by atoms with Crippen LogP contribution in [-0.2, 0) is 9.53 Å². The molecular formula is C20H38N4O3+2. The van der Waals surface area contributed by atoms with Crippen molar-refractivity contribution in [2.75, 3.05) is 45.9 Å². The van der Waals surface area contributed by atoms with Crippen LogP contribution in [0, 0.1) is 11.8 Å². The third-order valence-electron chi connectivity index (χ3n) is 6.89. The van der Waals surface area contributed by atoms with Crippen molar-refractivity contribution in [1.29, 1.82) is 0 Å². The van der Waals surface area contributed by atoms with Gasteiger partial charge in [0, 0.05) is 12.6 Å². The van der Waals surface area contributed by atoms with Gasteiger partial charge in [-0.3, -0.25) is 10.1 Å². The summed E-state index contributed by atoms with van der Waals surface area (Å²) in [4.78, 5) is 27.3. The Kier molecular flexibility index (Phi) is 7.49. The van der Waals surface area contributed by atoms with E-state index in [0.717, 1.165) is 52.2 Å². The molecule has 0 unspecified atom stereocenters. The molecule has 3 aliphatic rings. The molecule has 3 fully saturated rings. The molecule has 154 valence electrons. The number of quaternary nitrogens is 2. The van der Waals surface area contributed by atoms with Crippen LogP contribution in [0.1, 0.15) is 46.0 Å². The first-order valence-electron chi connectivity index (χ1n) is 10.9. The van der Waals surface area contributed by atoms with Crippen molar-refractivity contribution in [2.45, 2.75) is 58.1 Å². The highest BCUT2D eigenvalue weighted by atomic mass is 16.5. The number of carbonyl (C=O) groups is 2. The van der Waals surface area contributed by atoms with Gasteiger partial charge in [0.05, 0.1) is 0 Å². The molecule has 3 amide bonds. The van der Waals surface area contributed by atoms with E-state index in [1.807, 2.05) is 0 Å². The summed E-state index contributed by atoms with van der Waals surface area (Å²) >= 11 is 0. The van der Waals surface area contributed by atoms with Gasteiger partial charge in [-0.25, -0.2) is 4.79 Å². The lowest BCUT2D eigenvalue weighted by molar-refractivity contribution is -1.01. The summed E-state index contributed by atoms with van der Waals surface area (Å²) in [5.41, 5.74) is 0. The van der Waals surface area contributed by atoms with Gasteiger partial charge in [0.15, 0.2) is 6.54 Å². The van der Waals surface area contributed by atoms with Crippen LogP contribution in [0.2, 0.25) is 0 Å². The lowest BCUT2D eigenvalue weighted by Gasteiger charge is -2.34. The smallest absolute Gasteiger partial charge is 0.321 e. The van der Waals surface area contributed by atoms with E-state index >= 15 is 0 Å². The summed E-state index contributed by atoms with van der Waals surface area (Å²) in [5.74, 6) is 0.921. The van der Waals surface area contributed by atoms with E-state index in [1.165, 1.54) is 24.2 Å². The van der Waals surface area contributed by atoms with Crippen molar-refractivity contribution in [2.24, 2.45) is 11.8 Å². The molecule has 0 radical (unpaired) electrons. The fourth-order valence-corrected chi connectivity index (χ4v) is 4.85. The Hall–Kier alpha value is -1.18. The maximum absolute atomic E-state index is 12.2. The Labute approximate surface area is 163 Å². The van der Waals surface area contributed by atoms with Crippen molar-refractivity contribution in [3.05, 3.63) is 0 Å². The Morgan fingerprint density at radius 1 is 1.00 bits per heavy atom. The number of amides is 3. The van der Waals surface area contributed by atoms with Gasteiger partial charge in [0.2, 0.25) is 0 Å². The van der Waals surface area contributed by atoms with E-state index in [4.69, 9.17) is 4.74 Å². The van der Waals surface area contributed by atoms with Crippen molar-refractivity contribution < 1.29 is 24.1 Å². The highest BCUT2D eigenvalue weighted by Crippen LogP contribution is 2.29. The summed E-state index contributed by atoms with van der Waals surface area (Å²) in [6, 6.07) is -0.146. The molecule has 1 aliphatic carbocycles. The number of hydrogen-bond acceptors (Lipinski definition) is 3. The SMILES string of the molecule is C[C@@H]1[C@H](C)CCC[C@H]1NC(=O)NC(=O)C[NH+]1CC[NH+](C[C@@H]2CCCO2)CC1. The first-order chi connectivity index (χ1) is 13.0. The van der Waals surface area contributed by atoms with E-state index < -0.39 is 0 Å². The van der Waals surface area contributed by atoms with Crippen LogP contribution < -0.4 is 20.4 Å². The molecule has 1 saturated carbocycles. The first-order valence-corrected chi connectivity index (χ1v) is 10.9. The van der Waals surface area contributed by atoms with Crippen LogP contribution in [0.15, 0.2) is 0 Å². The second kappa shape index (κ2) is 9.85. The Balaban J connectivity index is 1.32. The Morgan fingerprint density at radius 2 is 1.74 bits per heavy atom. The number of rotatable bonds is 5. The van der Waals surface area contributed by atoms with Gasteiger partial charge in [-0.15, -0.1) is 0 Å². The second-order valence-corrected chi connectivity index (χ2v) is 8.91. The van der Waals surface area contributed by atoms with Crippen LogP contribution in [0.4, 0.5) is 4.79 Å². The zero-order chi connectivity index (χ0) is 19.2. The molecule has 3 rings (SSSR count). The largest absolute Gasteiger partial charge is 0.372 e. The first kappa shape index (κ1) is 20.6. The topological polar surface area (TPSA) is 76.3 Å². The van der Waals surface area contributed by atoms with Gasteiger partial charge >= 0.3 is 6.03 Å². The molecule has 0 aromatic rings. The van der Waals surface area contributed by atoms with Crippen molar-refractivity contribution in [3.63, 3.8) is 0 Å². The molecule has 27 heavy (non-hydrogen) atoms. The van der Waals surface area contributed by atoms with Crippen LogP contribution >= 0.6 is 0 Å². The molecule has 4 atom stereocenters. The number of piperazine rings is 1. The van der Waals surface area contributed by atoms with E-state index in [-0.39, 0.29) is 18.0 Å². The van der Waals surface area contributed by atoms with Crippen LogP contribution in [0.25, 0.3) is 0 Å². The minimum absolute atomic E-state index is 0.165. The van der Waals surface area contributed by atoms with E-state index in [9.17, 15) is 9.59 Å². The van der Waals surface area contributed by atoms with Crippen LogP contribution in [-0.4, -0.2) is 70.0 Å². The van der Waals surface area contributed by atoms with Gasteiger partial charge in [0.1, 0.15) is 38.8 Å².